The lowest BCUT2D eigenvalue weighted by Crippen LogP contribution is -2.06. The molecule has 0 saturated heterocycles. The van der Waals surface area contributed by atoms with E-state index in [1.807, 2.05) is 24.3 Å². The molecule has 5 nitrogen and oxygen atoms in total. The minimum absolute atomic E-state index is 0.163. The Morgan fingerprint density at radius 3 is 2.56 bits per heavy atom. The number of carbonyl (C=O) groups is 1. The number of nitrogens with zero attached hydrogens (tertiary/aromatic N) is 1. The molecule has 0 radical (unpaired) electrons. The normalized spacial score (nSPS) is 10.7. The third-order valence-electron chi connectivity index (χ3n) is 3.46. The Morgan fingerprint density at radius 1 is 1.00 bits per heavy atom. The Kier molecular flexibility index (Phi) is 4.18. The Hall–Kier alpha value is -3.12. The van der Waals surface area contributed by atoms with Gasteiger partial charge in [0.25, 0.3) is 0 Å². The molecule has 0 unspecified atom stereocenters. The van der Waals surface area contributed by atoms with Crippen molar-refractivity contribution >= 4 is 27.5 Å². The number of ether oxygens (including phenoxy) is 2. The summed E-state index contributed by atoms with van der Waals surface area (Å²) in [4.78, 5) is 16.3. The Bertz CT molecular complexity index is 957. The van der Waals surface area contributed by atoms with Gasteiger partial charge in [0.15, 0.2) is 0 Å². The number of fused-ring (bicyclic) bond motifs is 1. The summed E-state index contributed by atoms with van der Waals surface area (Å²) in [6, 6.07) is 18.0. The van der Waals surface area contributed by atoms with Gasteiger partial charge in [-0.15, -0.1) is 11.3 Å². The topological polar surface area (TPSA) is 61.6 Å². The fraction of sp³-hybridized carbons (Fsp3) is 0.0526. The number of thiazole rings is 1. The second-order valence-corrected chi connectivity index (χ2v) is 6.32. The summed E-state index contributed by atoms with van der Waals surface area (Å²) >= 11 is 1.61. The second kappa shape index (κ2) is 6.78. The molecule has 0 aliphatic carbocycles. The van der Waals surface area contributed by atoms with Crippen LogP contribution < -0.4 is 9.47 Å². The number of esters is 1. The van der Waals surface area contributed by atoms with Crippen molar-refractivity contribution in [3.63, 3.8) is 0 Å². The minimum Gasteiger partial charge on any atom is -0.486 e. The molecule has 6 heteroatoms. The Labute approximate surface area is 147 Å². The number of rotatable bonds is 5. The highest BCUT2D eigenvalue weighted by Gasteiger charge is 2.11. The first-order chi connectivity index (χ1) is 12.3. The highest BCUT2D eigenvalue weighted by atomic mass is 32.1. The first-order valence-electron chi connectivity index (χ1n) is 7.61. The highest BCUT2D eigenvalue weighted by Crippen LogP contribution is 2.24. The summed E-state index contributed by atoms with van der Waals surface area (Å²) in [6.07, 6.45) is 1.43. The van der Waals surface area contributed by atoms with E-state index in [4.69, 9.17) is 13.9 Å². The molecular weight excluding hydrogens is 338 g/mol. The molecule has 0 saturated carbocycles. The van der Waals surface area contributed by atoms with Gasteiger partial charge in [-0.2, -0.15) is 0 Å². The monoisotopic (exact) mass is 351 g/mol. The molecule has 124 valence electrons. The summed E-state index contributed by atoms with van der Waals surface area (Å²) in [5, 5.41) is 0.912. The molecule has 4 aromatic rings. The van der Waals surface area contributed by atoms with Crippen LogP contribution >= 0.6 is 11.3 Å². The largest absolute Gasteiger partial charge is 0.486 e. The maximum atomic E-state index is 11.8. The van der Waals surface area contributed by atoms with Gasteiger partial charge in [-0.3, -0.25) is 0 Å². The molecule has 0 spiro atoms. The van der Waals surface area contributed by atoms with Crippen molar-refractivity contribution in [2.24, 2.45) is 0 Å². The molecule has 0 aliphatic rings. The molecule has 0 bridgehead atoms. The number of furan rings is 1. The number of carbonyl (C=O) groups excluding carboxylic acids is 1. The molecule has 0 aliphatic heterocycles. The zero-order valence-corrected chi connectivity index (χ0v) is 13.9. The van der Waals surface area contributed by atoms with E-state index in [0.717, 1.165) is 15.2 Å². The molecule has 2 aromatic carbocycles. The molecule has 0 N–H and O–H groups in total. The van der Waals surface area contributed by atoms with E-state index in [0.29, 0.717) is 18.1 Å². The van der Waals surface area contributed by atoms with Crippen molar-refractivity contribution in [2.45, 2.75) is 6.61 Å². The zero-order valence-electron chi connectivity index (χ0n) is 13.0. The van der Waals surface area contributed by atoms with Crippen LogP contribution in [0.5, 0.6) is 11.5 Å². The van der Waals surface area contributed by atoms with Gasteiger partial charge < -0.3 is 13.9 Å². The minimum atomic E-state index is -0.534. The lowest BCUT2D eigenvalue weighted by atomic mass is 10.3. The van der Waals surface area contributed by atoms with E-state index in [9.17, 15) is 4.79 Å². The number of benzene rings is 2. The van der Waals surface area contributed by atoms with Crippen LogP contribution in [0.3, 0.4) is 0 Å². The summed E-state index contributed by atoms with van der Waals surface area (Å²) in [5.41, 5.74) is 0.978. The van der Waals surface area contributed by atoms with Crippen molar-refractivity contribution in [2.75, 3.05) is 0 Å². The maximum absolute atomic E-state index is 11.8. The fourth-order valence-corrected chi connectivity index (χ4v) is 3.16. The lowest BCUT2D eigenvalue weighted by Gasteiger charge is -2.06. The van der Waals surface area contributed by atoms with Crippen LogP contribution in [0.15, 0.2) is 71.3 Å². The number of hydrogen-bond acceptors (Lipinski definition) is 6. The van der Waals surface area contributed by atoms with Gasteiger partial charge in [0.05, 0.1) is 16.5 Å². The molecule has 0 atom stereocenters. The third-order valence-corrected chi connectivity index (χ3v) is 4.47. The van der Waals surface area contributed by atoms with Gasteiger partial charge >= 0.3 is 5.97 Å². The predicted molar refractivity (Wildman–Crippen MR) is 94.1 cm³/mol. The molecule has 0 amide bonds. The van der Waals surface area contributed by atoms with Crippen molar-refractivity contribution in [1.82, 2.24) is 4.98 Å². The molecular formula is C19H13NO4S. The van der Waals surface area contributed by atoms with Crippen molar-refractivity contribution in [3.8, 4) is 11.5 Å². The van der Waals surface area contributed by atoms with Crippen LogP contribution in [0.4, 0.5) is 0 Å². The third kappa shape index (κ3) is 3.54. The van der Waals surface area contributed by atoms with Crippen LogP contribution in [0.1, 0.15) is 15.6 Å². The van der Waals surface area contributed by atoms with E-state index in [2.05, 4.69) is 4.98 Å². The maximum Gasteiger partial charge on any atom is 0.379 e. The first-order valence-corrected chi connectivity index (χ1v) is 8.42. The predicted octanol–water partition coefficient (Wildman–Crippen LogP) is 4.69. The second-order valence-electron chi connectivity index (χ2n) is 5.20. The standard InChI is InChI=1S/C19H13NO4S/c21-19(16-5-3-11-22-16)24-14-9-7-13(8-10-14)23-12-18-20-15-4-1-2-6-17(15)25-18/h1-11H,12H2. The van der Waals surface area contributed by atoms with Gasteiger partial charge in [-0.25, -0.2) is 9.78 Å². The Balaban J connectivity index is 1.37. The number of hydrogen-bond donors (Lipinski definition) is 0. The van der Waals surface area contributed by atoms with E-state index >= 15 is 0 Å². The highest BCUT2D eigenvalue weighted by molar-refractivity contribution is 7.18. The van der Waals surface area contributed by atoms with Crippen LogP contribution in [-0.2, 0) is 6.61 Å². The molecule has 4 rings (SSSR count). The number of para-hydroxylation sites is 1. The molecule has 25 heavy (non-hydrogen) atoms. The quantitative estimate of drug-likeness (QED) is 0.386. The van der Waals surface area contributed by atoms with Gasteiger partial charge in [-0.05, 0) is 48.5 Å². The smallest absolute Gasteiger partial charge is 0.379 e. The van der Waals surface area contributed by atoms with E-state index in [1.54, 1.807) is 47.7 Å². The average Bonchev–Trinajstić information content (AvgIpc) is 3.30. The van der Waals surface area contributed by atoms with Gasteiger partial charge in [0, 0.05) is 0 Å². The summed E-state index contributed by atoms with van der Waals surface area (Å²) < 4.78 is 17.1. The van der Waals surface area contributed by atoms with Gasteiger partial charge in [0.2, 0.25) is 5.76 Å². The van der Waals surface area contributed by atoms with Crippen molar-refractivity contribution < 1.29 is 18.7 Å². The van der Waals surface area contributed by atoms with Crippen molar-refractivity contribution in [1.29, 1.82) is 0 Å². The molecule has 2 heterocycles. The molecule has 0 fully saturated rings. The van der Waals surface area contributed by atoms with E-state index in [-0.39, 0.29) is 5.76 Å². The van der Waals surface area contributed by atoms with E-state index in [1.165, 1.54) is 6.26 Å². The SMILES string of the molecule is O=C(Oc1ccc(OCc2nc3ccccc3s2)cc1)c1ccco1. The summed E-state index contributed by atoms with van der Waals surface area (Å²) in [7, 11) is 0. The first kappa shape index (κ1) is 15.4. The van der Waals surface area contributed by atoms with Crippen LogP contribution in [0, 0.1) is 0 Å². The number of aromatic nitrogens is 1. The lowest BCUT2D eigenvalue weighted by molar-refractivity contribution is 0.0701. The van der Waals surface area contributed by atoms with Gasteiger partial charge in [-0.1, -0.05) is 12.1 Å². The zero-order chi connectivity index (χ0) is 17.1. The summed E-state index contributed by atoms with van der Waals surface area (Å²) in [6.45, 7) is 0.394. The van der Waals surface area contributed by atoms with Crippen LogP contribution in [0.25, 0.3) is 10.2 Å². The van der Waals surface area contributed by atoms with Crippen LogP contribution in [-0.4, -0.2) is 11.0 Å². The van der Waals surface area contributed by atoms with E-state index < -0.39 is 5.97 Å². The average molecular weight is 351 g/mol. The Morgan fingerprint density at radius 2 is 1.80 bits per heavy atom. The van der Waals surface area contributed by atoms with Gasteiger partial charge in [0.1, 0.15) is 23.1 Å². The summed E-state index contributed by atoms with van der Waals surface area (Å²) in [5.74, 6) is 0.732. The molecule has 2 aromatic heterocycles. The van der Waals surface area contributed by atoms with Crippen molar-refractivity contribution in [3.05, 3.63) is 77.7 Å². The van der Waals surface area contributed by atoms with Crippen LogP contribution in [0.2, 0.25) is 0 Å². The fourth-order valence-electron chi connectivity index (χ4n) is 2.28.